The van der Waals surface area contributed by atoms with E-state index in [9.17, 15) is 18.5 Å². The average Bonchev–Trinajstić information content (AvgIpc) is 2.37. The molecular formula is C11H15N3O5S. The summed E-state index contributed by atoms with van der Waals surface area (Å²) in [6.45, 7) is 2.28. The second-order valence-corrected chi connectivity index (χ2v) is 6.09. The Labute approximate surface area is 116 Å². The number of non-ortho nitro benzene ring substituents is 1. The van der Waals surface area contributed by atoms with Crippen LogP contribution >= 0.6 is 0 Å². The second kappa shape index (κ2) is 5.73. The summed E-state index contributed by atoms with van der Waals surface area (Å²) in [5.41, 5.74) is 0.831. The van der Waals surface area contributed by atoms with E-state index in [4.69, 9.17) is 9.88 Å². The molecule has 110 valence electrons. The van der Waals surface area contributed by atoms with E-state index in [0.29, 0.717) is 37.6 Å². The molecule has 0 spiro atoms. The third-order valence-electron chi connectivity index (χ3n) is 2.98. The van der Waals surface area contributed by atoms with E-state index >= 15 is 0 Å². The number of morpholine rings is 1. The van der Waals surface area contributed by atoms with Gasteiger partial charge >= 0.3 is 0 Å². The number of nitro benzene ring substituents is 1. The van der Waals surface area contributed by atoms with Crippen LogP contribution in [0, 0.1) is 10.1 Å². The van der Waals surface area contributed by atoms with Gasteiger partial charge in [-0.15, -0.1) is 0 Å². The van der Waals surface area contributed by atoms with E-state index in [2.05, 4.69) is 0 Å². The first-order chi connectivity index (χ1) is 9.37. The molecule has 1 fully saturated rings. The molecule has 2 rings (SSSR count). The van der Waals surface area contributed by atoms with E-state index in [1.807, 2.05) is 4.90 Å². The van der Waals surface area contributed by atoms with Crippen molar-refractivity contribution in [1.82, 2.24) is 0 Å². The number of hydrogen-bond donors (Lipinski definition) is 1. The van der Waals surface area contributed by atoms with Crippen LogP contribution in [0.4, 0.5) is 11.4 Å². The molecule has 8 nitrogen and oxygen atoms in total. The molecule has 0 bridgehead atoms. The van der Waals surface area contributed by atoms with Crippen molar-refractivity contribution in [3.8, 4) is 0 Å². The zero-order valence-corrected chi connectivity index (χ0v) is 11.5. The van der Waals surface area contributed by atoms with Gasteiger partial charge in [-0.05, 0) is 11.6 Å². The fourth-order valence-electron chi connectivity index (χ4n) is 2.13. The Bertz CT molecular complexity index is 610. The van der Waals surface area contributed by atoms with Crippen LogP contribution in [0.5, 0.6) is 0 Å². The maximum atomic E-state index is 11.3. The highest BCUT2D eigenvalue weighted by atomic mass is 32.2. The third kappa shape index (κ3) is 3.65. The lowest BCUT2D eigenvalue weighted by Crippen LogP contribution is -2.37. The Morgan fingerprint density at radius 3 is 2.55 bits per heavy atom. The highest BCUT2D eigenvalue weighted by Gasteiger charge is 2.20. The van der Waals surface area contributed by atoms with Gasteiger partial charge in [0.15, 0.2) is 0 Å². The summed E-state index contributed by atoms with van der Waals surface area (Å²) in [6, 6.07) is 4.18. The van der Waals surface area contributed by atoms with Gasteiger partial charge in [0.2, 0.25) is 10.0 Å². The molecular weight excluding hydrogens is 286 g/mol. The molecule has 0 saturated carbocycles. The normalized spacial score (nSPS) is 16.1. The lowest BCUT2D eigenvalue weighted by molar-refractivity contribution is -0.384. The summed E-state index contributed by atoms with van der Waals surface area (Å²) in [5.74, 6) is -0.429. The molecule has 2 N–H and O–H groups in total. The lowest BCUT2D eigenvalue weighted by atomic mass is 10.1. The van der Waals surface area contributed by atoms with Gasteiger partial charge in [0, 0.05) is 30.9 Å². The Kier molecular flexibility index (Phi) is 4.21. The first kappa shape index (κ1) is 14.7. The first-order valence-electron chi connectivity index (χ1n) is 5.97. The predicted octanol–water partition coefficient (Wildman–Crippen LogP) is 0.220. The van der Waals surface area contributed by atoms with Gasteiger partial charge in [-0.2, -0.15) is 0 Å². The van der Waals surface area contributed by atoms with E-state index in [-0.39, 0.29) is 5.69 Å². The van der Waals surface area contributed by atoms with Gasteiger partial charge in [0.1, 0.15) is 0 Å². The topological polar surface area (TPSA) is 116 Å². The number of sulfonamides is 1. The first-order valence-corrected chi connectivity index (χ1v) is 7.69. The Hall–Kier alpha value is -1.71. The number of nitrogens with two attached hydrogens (primary N) is 1. The van der Waals surface area contributed by atoms with Crippen molar-refractivity contribution in [1.29, 1.82) is 0 Å². The van der Waals surface area contributed by atoms with Gasteiger partial charge < -0.3 is 9.64 Å². The van der Waals surface area contributed by atoms with Crippen molar-refractivity contribution in [3.63, 3.8) is 0 Å². The molecule has 0 amide bonds. The van der Waals surface area contributed by atoms with Crippen molar-refractivity contribution < 1.29 is 18.1 Å². The van der Waals surface area contributed by atoms with Gasteiger partial charge in [-0.25, -0.2) is 13.6 Å². The number of ether oxygens (including phenoxy) is 1. The number of anilines is 1. The minimum atomic E-state index is -3.76. The smallest absolute Gasteiger partial charge is 0.269 e. The monoisotopic (exact) mass is 301 g/mol. The van der Waals surface area contributed by atoms with Crippen molar-refractivity contribution >= 4 is 21.4 Å². The zero-order chi connectivity index (χ0) is 14.8. The van der Waals surface area contributed by atoms with Crippen LogP contribution in [-0.2, 0) is 20.5 Å². The summed E-state index contributed by atoms with van der Waals surface area (Å²) in [5, 5.41) is 15.8. The number of nitro groups is 1. The molecule has 1 aliphatic heterocycles. The third-order valence-corrected chi connectivity index (χ3v) is 3.70. The van der Waals surface area contributed by atoms with Gasteiger partial charge in [0.25, 0.3) is 5.69 Å². The standard InChI is InChI=1S/C11H15N3O5S/c12-20(17,18)8-9-7-10(14(15)16)1-2-11(9)13-3-5-19-6-4-13/h1-2,7H,3-6,8H2,(H2,12,17,18). The molecule has 0 aliphatic carbocycles. The van der Waals surface area contributed by atoms with E-state index in [1.165, 1.54) is 12.1 Å². The number of hydrogen-bond acceptors (Lipinski definition) is 6. The summed E-state index contributed by atoms with van der Waals surface area (Å²) in [6.07, 6.45) is 0. The zero-order valence-electron chi connectivity index (χ0n) is 10.7. The summed E-state index contributed by atoms with van der Waals surface area (Å²) < 4.78 is 27.8. The summed E-state index contributed by atoms with van der Waals surface area (Å²) in [7, 11) is -3.76. The molecule has 9 heteroatoms. The van der Waals surface area contributed by atoms with Crippen molar-refractivity contribution in [2.75, 3.05) is 31.2 Å². The number of benzene rings is 1. The highest BCUT2D eigenvalue weighted by Crippen LogP contribution is 2.27. The molecule has 0 atom stereocenters. The highest BCUT2D eigenvalue weighted by molar-refractivity contribution is 7.88. The van der Waals surface area contributed by atoms with Gasteiger partial charge in [-0.3, -0.25) is 10.1 Å². The maximum Gasteiger partial charge on any atom is 0.269 e. The van der Waals surface area contributed by atoms with Crippen LogP contribution < -0.4 is 10.0 Å². The predicted molar refractivity (Wildman–Crippen MR) is 72.9 cm³/mol. The lowest BCUT2D eigenvalue weighted by Gasteiger charge is -2.30. The molecule has 1 aromatic rings. The Morgan fingerprint density at radius 1 is 1.35 bits per heavy atom. The maximum absolute atomic E-state index is 11.3. The molecule has 1 heterocycles. The van der Waals surface area contributed by atoms with Crippen molar-refractivity contribution in [2.24, 2.45) is 5.14 Å². The average molecular weight is 301 g/mol. The summed E-state index contributed by atoms with van der Waals surface area (Å²) >= 11 is 0. The van der Waals surface area contributed by atoms with Crippen LogP contribution in [0.1, 0.15) is 5.56 Å². The summed E-state index contributed by atoms with van der Waals surface area (Å²) in [4.78, 5) is 12.2. The van der Waals surface area contributed by atoms with Crippen LogP contribution in [-0.4, -0.2) is 39.6 Å². The minimum Gasteiger partial charge on any atom is -0.378 e. The van der Waals surface area contributed by atoms with Crippen molar-refractivity contribution in [2.45, 2.75) is 5.75 Å². The van der Waals surface area contributed by atoms with Gasteiger partial charge in [-0.1, -0.05) is 0 Å². The van der Waals surface area contributed by atoms with Gasteiger partial charge in [0.05, 0.1) is 23.9 Å². The Morgan fingerprint density at radius 2 is 2.00 bits per heavy atom. The van der Waals surface area contributed by atoms with E-state index < -0.39 is 20.7 Å². The quantitative estimate of drug-likeness (QED) is 0.628. The Balaban J connectivity index is 2.40. The van der Waals surface area contributed by atoms with Crippen LogP contribution in [0.25, 0.3) is 0 Å². The molecule has 20 heavy (non-hydrogen) atoms. The number of nitrogens with zero attached hydrogens (tertiary/aromatic N) is 2. The van der Waals surface area contributed by atoms with Crippen molar-refractivity contribution in [3.05, 3.63) is 33.9 Å². The SMILES string of the molecule is NS(=O)(=O)Cc1cc([N+](=O)[O-])ccc1N1CCOCC1. The fourth-order valence-corrected chi connectivity index (χ4v) is 2.80. The number of rotatable bonds is 4. The van der Waals surface area contributed by atoms with Crippen LogP contribution in [0.15, 0.2) is 18.2 Å². The molecule has 1 saturated heterocycles. The fraction of sp³-hybridized carbons (Fsp3) is 0.455. The molecule has 1 aromatic carbocycles. The van der Waals surface area contributed by atoms with E-state index in [0.717, 1.165) is 0 Å². The minimum absolute atomic E-state index is 0.152. The molecule has 0 radical (unpaired) electrons. The van der Waals surface area contributed by atoms with Crippen LogP contribution in [0.2, 0.25) is 0 Å². The molecule has 0 aromatic heterocycles. The largest absolute Gasteiger partial charge is 0.378 e. The molecule has 1 aliphatic rings. The van der Waals surface area contributed by atoms with Crippen LogP contribution in [0.3, 0.4) is 0 Å². The van der Waals surface area contributed by atoms with E-state index in [1.54, 1.807) is 6.07 Å². The molecule has 0 unspecified atom stereocenters. The second-order valence-electron chi connectivity index (χ2n) is 4.48. The number of primary sulfonamides is 1.